The zero-order valence-electron chi connectivity index (χ0n) is 21.5. The Morgan fingerprint density at radius 1 is 1.00 bits per heavy atom. The summed E-state index contributed by atoms with van der Waals surface area (Å²) < 4.78 is 58.2. The van der Waals surface area contributed by atoms with Crippen LogP contribution in [0.5, 0.6) is 5.75 Å². The number of hydrogen-bond donors (Lipinski definition) is 3. The largest absolute Gasteiger partial charge is 0.491 e. The van der Waals surface area contributed by atoms with Crippen LogP contribution in [0.15, 0.2) is 57.6 Å². The molecule has 214 valence electrons. The molecule has 2 aliphatic rings. The monoisotopic (exact) mass is 570 g/mol. The van der Waals surface area contributed by atoms with Crippen molar-refractivity contribution >= 4 is 5.97 Å². The molecule has 3 N–H and O–H groups in total. The van der Waals surface area contributed by atoms with Crippen LogP contribution >= 0.6 is 0 Å². The second-order valence-corrected chi connectivity index (χ2v) is 10.2. The van der Waals surface area contributed by atoms with Crippen LogP contribution in [0.1, 0.15) is 49.3 Å². The minimum Gasteiger partial charge on any atom is -0.491 e. The van der Waals surface area contributed by atoms with E-state index in [1.165, 1.54) is 18.2 Å². The third-order valence-corrected chi connectivity index (χ3v) is 7.61. The maximum Gasteiger partial charge on any atom is 0.422 e. The summed E-state index contributed by atoms with van der Waals surface area (Å²) in [7, 11) is 0. The summed E-state index contributed by atoms with van der Waals surface area (Å²) in [4.78, 5) is 16.2. The number of aliphatic hydroxyl groups is 1. The van der Waals surface area contributed by atoms with Crippen molar-refractivity contribution in [2.75, 3.05) is 6.61 Å². The first kappa shape index (κ1) is 27.0. The van der Waals surface area contributed by atoms with Gasteiger partial charge in [-0.2, -0.15) is 18.2 Å². The predicted molar refractivity (Wildman–Crippen MR) is 136 cm³/mol. The van der Waals surface area contributed by atoms with Gasteiger partial charge in [0.15, 0.2) is 0 Å². The molecule has 2 aromatic heterocycles. The molecule has 0 amide bonds. The maximum absolute atomic E-state index is 14.0. The van der Waals surface area contributed by atoms with Gasteiger partial charge in [0.1, 0.15) is 35.3 Å². The number of carboxylic acids is 1. The van der Waals surface area contributed by atoms with Crippen molar-refractivity contribution < 1.29 is 42.0 Å². The number of ether oxygens (including phenoxy) is 1. The quantitative estimate of drug-likeness (QED) is 0.281. The van der Waals surface area contributed by atoms with Gasteiger partial charge in [-0.25, -0.2) is 0 Å². The van der Waals surface area contributed by atoms with Gasteiger partial charge >= 0.3 is 12.1 Å². The molecule has 0 unspecified atom stereocenters. The van der Waals surface area contributed by atoms with Gasteiger partial charge in [0, 0.05) is 16.7 Å². The highest BCUT2D eigenvalue weighted by Gasteiger charge is 2.45. The fraction of sp³-hybridized carbons (Fsp3) is 0.357. The van der Waals surface area contributed by atoms with Gasteiger partial charge < -0.3 is 24.0 Å². The first-order valence-corrected chi connectivity index (χ1v) is 13.1. The molecule has 1 aliphatic carbocycles. The second kappa shape index (κ2) is 10.3. The van der Waals surface area contributed by atoms with Crippen LogP contribution < -0.4 is 10.1 Å². The third-order valence-electron chi connectivity index (χ3n) is 7.61. The Morgan fingerprint density at radius 2 is 1.76 bits per heavy atom. The predicted octanol–water partition coefficient (Wildman–Crippen LogP) is 5.25. The van der Waals surface area contributed by atoms with Gasteiger partial charge in [-0.1, -0.05) is 72.0 Å². The van der Waals surface area contributed by atoms with Crippen molar-refractivity contribution in [1.29, 1.82) is 0 Å². The molecule has 3 heterocycles. The summed E-state index contributed by atoms with van der Waals surface area (Å²) in [6.07, 6.45) is -2.41. The van der Waals surface area contributed by atoms with Crippen LogP contribution in [-0.4, -0.2) is 49.7 Å². The number of aliphatic hydroxyl groups excluding tert-OH is 1. The van der Waals surface area contributed by atoms with Gasteiger partial charge in [0.25, 0.3) is 5.89 Å². The Morgan fingerprint density at radius 3 is 2.46 bits per heavy atom. The molecule has 0 spiro atoms. The summed E-state index contributed by atoms with van der Waals surface area (Å²) in [5.41, 5.74) is -1.65. The van der Waals surface area contributed by atoms with Gasteiger partial charge in [-0.15, -0.1) is 0 Å². The molecule has 1 fully saturated rings. The molecule has 1 aliphatic heterocycles. The fourth-order valence-electron chi connectivity index (χ4n) is 5.51. The summed E-state index contributed by atoms with van der Waals surface area (Å²) >= 11 is 0. The molecular formula is C28H25F3N4O6. The van der Waals surface area contributed by atoms with Gasteiger partial charge in [0.2, 0.25) is 11.6 Å². The lowest BCUT2D eigenvalue weighted by atomic mass is 9.80. The lowest BCUT2D eigenvalue weighted by Crippen LogP contribution is -2.60. The van der Waals surface area contributed by atoms with Crippen LogP contribution in [0, 0.1) is 0 Å². The number of carbonyl (C=O) groups is 1. The molecule has 2 atom stereocenters. The number of hydrogen-bond acceptors (Lipinski definition) is 9. The highest BCUT2D eigenvalue weighted by molar-refractivity contribution is 5.79. The second-order valence-electron chi connectivity index (χ2n) is 10.2. The highest BCUT2D eigenvalue weighted by atomic mass is 19.4. The Kier molecular flexibility index (Phi) is 6.78. The van der Waals surface area contributed by atoms with Crippen molar-refractivity contribution in [3.8, 4) is 40.0 Å². The number of alkyl halides is 3. The Hall–Kier alpha value is -4.23. The Balaban J connectivity index is 1.26. The molecule has 6 rings (SSSR count). The van der Waals surface area contributed by atoms with E-state index in [-0.39, 0.29) is 18.0 Å². The minimum atomic E-state index is -4.81. The Labute approximate surface area is 231 Å². The van der Waals surface area contributed by atoms with Crippen LogP contribution in [-0.2, 0) is 11.0 Å². The third kappa shape index (κ3) is 4.95. The van der Waals surface area contributed by atoms with E-state index in [1.54, 1.807) is 30.3 Å². The average molecular weight is 571 g/mol. The Bertz CT molecular complexity index is 1560. The maximum atomic E-state index is 14.0. The molecule has 0 saturated heterocycles. The average Bonchev–Trinajstić information content (AvgIpc) is 3.63. The SMILES string of the molecule is O=C(O)C1(N[C@@H]2COc3cc(-c4noc(-c5onc(-c6ccccc6)c5C(F)(F)F)n4)ccc3[C@@H]2O)CCCCC1. The summed E-state index contributed by atoms with van der Waals surface area (Å²) in [5, 5.41) is 31.5. The van der Waals surface area contributed by atoms with Crippen molar-refractivity contribution in [2.45, 2.75) is 56.0 Å². The van der Waals surface area contributed by atoms with Crippen LogP contribution in [0.25, 0.3) is 34.3 Å². The van der Waals surface area contributed by atoms with E-state index < -0.39 is 52.7 Å². The number of carboxylic acid groups (broad SMARTS) is 1. The topological polar surface area (TPSA) is 144 Å². The zero-order chi connectivity index (χ0) is 28.8. The van der Waals surface area contributed by atoms with Crippen LogP contribution in [0.2, 0.25) is 0 Å². The van der Waals surface area contributed by atoms with Crippen molar-refractivity contribution in [2.24, 2.45) is 0 Å². The summed E-state index contributed by atoms with van der Waals surface area (Å²) in [6, 6.07) is 11.8. The molecule has 1 saturated carbocycles. The van der Waals surface area contributed by atoms with Crippen molar-refractivity contribution in [3.63, 3.8) is 0 Å². The van der Waals surface area contributed by atoms with E-state index in [4.69, 9.17) is 13.8 Å². The van der Waals surface area contributed by atoms with E-state index in [0.717, 1.165) is 19.3 Å². The van der Waals surface area contributed by atoms with Gasteiger partial charge in [-0.05, 0) is 18.9 Å². The molecule has 41 heavy (non-hydrogen) atoms. The van der Waals surface area contributed by atoms with E-state index in [9.17, 15) is 28.2 Å². The lowest BCUT2D eigenvalue weighted by molar-refractivity contribution is -0.147. The van der Waals surface area contributed by atoms with Gasteiger partial charge in [0.05, 0.1) is 6.04 Å². The highest BCUT2D eigenvalue weighted by Crippen LogP contribution is 2.43. The zero-order valence-corrected chi connectivity index (χ0v) is 21.5. The first-order chi connectivity index (χ1) is 19.7. The number of nitrogens with one attached hydrogen (secondary N) is 1. The number of nitrogens with zero attached hydrogens (tertiary/aromatic N) is 3. The van der Waals surface area contributed by atoms with E-state index >= 15 is 0 Å². The smallest absolute Gasteiger partial charge is 0.422 e. The van der Waals surface area contributed by atoms with Crippen LogP contribution in [0.4, 0.5) is 13.2 Å². The van der Waals surface area contributed by atoms with E-state index in [0.29, 0.717) is 29.7 Å². The van der Waals surface area contributed by atoms with E-state index in [2.05, 4.69) is 20.6 Å². The van der Waals surface area contributed by atoms with Crippen molar-refractivity contribution in [3.05, 3.63) is 59.7 Å². The molecule has 13 heteroatoms. The standard InChI is InChI=1S/C28H25F3N4O6/c29-28(30,31)20-21(15-7-3-1-4-8-15)34-40-23(20)25-32-24(35-41-25)16-9-10-17-19(13-16)39-14-18(22(17)36)33-27(26(37)38)11-5-2-6-12-27/h1,3-4,7-10,13,18,22,33,36H,2,5-6,11-12,14H2,(H,37,38)/t18-,22+/m1/s1. The summed E-state index contributed by atoms with van der Waals surface area (Å²) in [5.74, 6) is -1.87. The van der Waals surface area contributed by atoms with Crippen molar-refractivity contribution in [1.82, 2.24) is 20.6 Å². The number of aliphatic carboxylic acids is 1. The molecule has 2 aromatic carbocycles. The molecular weight excluding hydrogens is 545 g/mol. The summed E-state index contributed by atoms with van der Waals surface area (Å²) in [6.45, 7) is 0.0133. The van der Waals surface area contributed by atoms with E-state index in [1.807, 2.05) is 0 Å². The minimum absolute atomic E-state index is 0.0133. The lowest BCUT2D eigenvalue weighted by Gasteiger charge is -2.40. The fourth-order valence-corrected chi connectivity index (χ4v) is 5.51. The number of benzene rings is 2. The van der Waals surface area contributed by atoms with Crippen LogP contribution in [0.3, 0.4) is 0 Å². The first-order valence-electron chi connectivity index (χ1n) is 13.1. The number of aromatic nitrogens is 3. The van der Waals surface area contributed by atoms with Gasteiger partial charge in [-0.3, -0.25) is 10.1 Å². The number of rotatable bonds is 6. The normalized spacial score (nSPS) is 20.3. The molecule has 10 nitrogen and oxygen atoms in total. The molecule has 0 radical (unpaired) electrons. The molecule has 0 bridgehead atoms. The number of halogens is 3. The molecule has 4 aromatic rings. The number of fused-ring (bicyclic) bond motifs is 1.